The van der Waals surface area contributed by atoms with Crippen LogP contribution in [0.3, 0.4) is 0 Å². The predicted molar refractivity (Wildman–Crippen MR) is 76.6 cm³/mol. The zero-order valence-electron chi connectivity index (χ0n) is 11.0. The van der Waals surface area contributed by atoms with Gasteiger partial charge in [-0.2, -0.15) is 0 Å². The smallest absolute Gasteiger partial charge is 0.339 e. The van der Waals surface area contributed by atoms with Gasteiger partial charge in [0.05, 0.1) is 11.6 Å². The Bertz CT molecular complexity index is 739. The molecule has 3 rings (SSSR count). The van der Waals surface area contributed by atoms with Crippen molar-refractivity contribution in [1.82, 2.24) is 0 Å². The Labute approximate surface area is 120 Å². The maximum atomic E-state index is 12.2. The van der Waals surface area contributed by atoms with Gasteiger partial charge in [-0.1, -0.05) is 30.3 Å². The van der Waals surface area contributed by atoms with E-state index in [9.17, 15) is 14.7 Å². The lowest BCUT2D eigenvalue weighted by Crippen LogP contribution is -2.30. The molecule has 1 aliphatic carbocycles. The topological polar surface area (TPSA) is 86.6 Å². The third kappa shape index (κ3) is 2.23. The van der Waals surface area contributed by atoms with Crippen LogP contribution in [0.2, 0.25) is 0 Å². The van der Waals surface area contributed by atoms with Crippen LogP contribution in [0.5, 0.6) is 5.75 Å². The standard InChI is InChI=1S/C16H13NO4/c18-14-11(16(20)21)6-3-7-13(14)17-15(19)12-8-9-4-1-2-5-10(9)12/h1-7,12,18H,8H2,(H,17,19)(H,20,21). The van der Waals surface area contributed by atoms with Gasteiger partial charge in [0.2, 0.25) is 5.91 Å². The van der Waals surface area contributed by atoms with E-state index in [4.69, 9.17) is 5.11 Å². The minimum absolute atomic E-state index is 0.115. The summed E-state index contributed by atoms with van der Waals surface area (Å²) in [5.74, 6) is -2.16. The Morgan fingerprint density at radius 2 is 1.86 bits per heavy atom. The molecule has 0 aromatic heterocycles. The van der Waals surface area contributed by atoms with Crippen LogP contribution in [0.15, 0.2) is 42.5 Å². The van der Waals surface area contributed by atoms with Crippen molar-refractivity contribution in [2.24, 2.45) is 0 Å². The molecule has 106 valence electrons. The number of rotatable bonds is 3. The van der Waals surface area contributed by atoms with Gasteiger partial charge < -0.3 is 15.5 Å². The van der Waals surface area contributed by atoms with E-state index in [1.807, 2.05) is 24.3 Å². The third-order valence-corrected chi connectivity index (χ3v) is 3.70. The summed E-state index contributed by atoms with van der Waals surface area (Å²) in [5, 5.41) is 21.4. The lowest BCUT2D eigenvalue weighted by molar-refractivity contribution is -0.118. The van der Waals surface area contributed by atoms with Crippen molar-refractivity contribution in [3.63, 3.8) is 0 Å². The van der Waals surface area contributed by atoms with Gasteiger partial charge in [0.1, 0.15) is 5.56 Å². The van der Waals surface area contributed by atoms with Gasteiger partial charge in [0.25, 0.3) is 0 Å². The van der Waals surface area contributed by atoms with Crippen molar-refractivity contribution in [1.29, 1.82) is 0 Å². The number of carboxylic acids is 1. The highest BCUT2D eigenvalue weighted by atomic mass is 16.4. The summed E-state index contributed by atoms with van der Waals surface area (Å²) in [6.07, 6.45) is 0.654. The molecule has 21 heavy (non-hydrogen) atoms. The highest BCUT2D eigenvalue weighted by molar-refractivity contribution is 6.01. The third-order valence-electron chi connectivity index (χ3n) is 3.70. The van der Waals surface area contributed by atoms with Crippen LogP contribution < -0.4 is 5.32 Å². The van der Waals surface area contributed by atoms with Gasteiger partial charge in [0.15, 0.2) is 5.75 Å². The molecule has 0 saturated carbocycles. The van der Waals surface area contributed by atoms with E-state index in [0.717, 1.165) is 11.1 Å². The average Bonchev–Trinajstić information content (AvgIpc) is 2.42. The first-order chi connectivity index (χ1) is 10.1. The molecule has 0 aliphatic heterocycles. The van der Waals surface area contributed by atoms with E-state index in [1.54, 1.807) is 0 Å². The number of aromatic carboxylic acids is 1. The molecule has 2 aromatic carbocycles. The first-order valence-electron chi connectivity index (χ1n) is 6.52. The van der Waals surface area contributed by atoms with Crippen LogP contribution in [-0.4, -0.2) is 22.1 Å². The van der Waals surface area contributed by atoms with E-state index in [2.05, 4.69) is 5.32 Å². The number of para-hydroxylation sites is 1. The second-order valence-corrected chi connectivity index (χ2v) is 4.95. The number of fused-ring (bicyclic) bond motifs is 1. The molecule has 1 unspecified atom stereocenters. The first-order valence-corrected chi connectivity index (χ1v) is 6.52. The summed E-state index contributed by atoms with van der Waals surface area (Å²) in [5.41, 5.74) is 2.00. The van der Waals surface area contributed by atoms with Crippen LogP contribution in [-0.2, 0) is 11.2 Å². The van der Waals surface area contributed by atoms with E-state index < -0.39 is 11.7 Å². The Hall–Kier alpha value is -2.82. The molecule has 5 nitrogen and oxygen atoms in total. The molecule has 1 aliphatic rings. The van der Waals surface area contributed by atoms with Crippen LogP contribution in [0.25, 0.3) is 0 Å². The van der Waals surface area contributed by atoms with Gasteiger partial charge >= 0.3 is 5.97 Å². The number of carbonyl (C=O) groups is 2. The number of amides is 1. The normalized spacial score (nSPS) is 15.7. The van der Waals surface area contributed by atoms with Crippen molar-refractivity contribution in [3.05, 3.63) is 59.2 Å². The maximum Gasteiger partial charge on any atom is 0.339 e. The van der Waals surface area contributed by atoms with Crippen LogP contribution in [0.4, 0.5) is 5.69 Å². The number of hydrogen-bond acceptors (Lipinski definition) is 3. The minimum atomic E-state index is -1.24. The van der Waals surface area contributed by atoms with E-state index in [-0.39, 0.29) is 23.1 Å². The molecule has 0 fully saturated rings. The van der Waals surface area contributed by atoms with Crippen molar-refractivity contribution < 1.29 is 19.8 Å². The maximum absolute atomic E-state index is 12.2. The summed E-state index contributed by atoms with van der Waals surface area (Å²) in [6.45, 7) is 0. The van der Waals surface area contributed by atoms with Crippen molar-refractivity contribution >= 4 is 17.6 Å². The molecule has 3 N–H and O–H groups in total. The number of carbonyl (C=O) groups excluding carboxylic acids is 1. The van der Waals surface area contributed by atoms with Gasteiger partial charge in [-0.05, 0) is 29.7 Å². The molecule has 1 amide bonds. The number of benzene rings is 2. The highest BCUT2D eigenvalue weighted by Crippen LogP contribution is 2.36. The molecular formula is C16H13NO4. The SMILES string of the molecule is O=C(O)c1cccc(NC(=O)C2Cc3ccccc32)c1O. The number of nitrogens with one attached hydrogen (secondary N) is 1. The molecule has 5 heteroatoms. The summed E-state index contributed by atoms with van der Waals surface area (Å²) in [4.78, 5) is 23.2. The van der Waals surface area contributed by atoms with Gasteiger partial charge in [-0.25, -0.2) is 4.79 Å². The largest absolute Gasteiger partial charge is 0.505 e. The molecule has 0 radical (unpaired) electrons. The predicted octanol–water partition coefficient (Wildman–Crippen LogP) is 2.37. The number of phenols is 1. The zero-order valence-corrected chi connectivity index (χ0v) is 11.0. The monoisotopic (exact) mass is 283 g/mol. The second kappa shape index (κ2) is 4.94. The van der Waals surface area contributed by atoms with Gasteiger partial charge in [-0.15, -0.1) is 0 Å². The summed E-state index contributed by atoms with van der Waals surface area (Å²) < 4.78 is 0. The zero-order chi connectivity index (χ0) is 15.0. The first kappa shape index (κ1) is 13.2. The molecule has 0 bridgehead atoms. The van der Waals surface area contributed by atoms with Gasteiger partial charge in [-0.3, -0.25) is 4.79 Å². The number of carboxylic acid groups (broad SMARTS) is 1. The fourth-order valence-electron chi connectivity index (χ4n) is 2.53. The fourth-order valence-corrected chi connectivity index (χ4v) is 2.53. The average molecular weight is 283 g/mol. The highest BCUT2D eigenvalue weighted by Gasteiger charge is 2.32. The molecular weight excluding hydrogens is 270 g/mol. The van der Waals surface area contributed by atoms with Crippen molar-refractivity contribution in [2.45, 2.75) is 12.3 Å². The molecule has 0 heterocycles. The van der Waals surface area contributed by atoms with Crippen molar-refractivity contribution in [3.8, 4) is 5.75 Å². The summed E-state index contributed by atoms with van der Waals surface area (Å²) in [6, 6.07) is 11.9. The minimum Gasteiger partial charge on any atom is -0.505 e. The van der Waals surface area contributed by atoms with Crippen LogP contribution >= 0.6 is 0 Å². The quantitative estimate of drug-likeness (QED) is 0.755. The summed E-state index contributed by atoms with van der Waals surface area (Å²) in [7, 11) is 0. The van der Waals surface area contributed by atoms with Gasteiger partial charge in [0, 0.05) is 0 Å². The molecule has 2 aromatic rings. The lowest BCUT2D eigenvalue weighted by atomic mass is 9.77. The molecule has 1 atom stereocenters. The Morgan fingerprint density at radius 1 is 1.10 bits per heavy atom. The Balaban J connectivity index is 1.81. The number of hydrogen-bond donors (Lipinski definition) is 3. The van der Waals surface area contributed by atoms with Crippen LogP contribution in [0.1, 0.15) is 27.4 Å². The number of anilines is 1. The Kier molecular flexibility index (Phi) is 3.10. The fraction of sp³-hybridized carbons (Fsp3) is 0.125. The van der Waals surface area contributed by atoms with E-state index in [1.165, 1.54) is 18.2 Å². The summed E-state index contributed by atoms with van der Waals surface area (Å²) >= 11 is 0. The van der Waals surface area contributed by atoms with E-state index in [0.29, 0.717) is 6.42 Å². The molecule has 0 saturated heterocycles. The van der Waals surface area contributed by atoms with E-state index >= 15 is 0 Å². The van der Waals surface area contributed by atoms with Crippen LogP contribution in [0, 0.1) is 0 Å². The second-order valence-electron chi connectivity index (χ2n) is 4.95. The Morgan fingerprint density at radius 3 is 2.57 bits per heavy atom. The molecule has 0 spiro atoms. The van der Waals surface area contributed by atoms with Crippen molar-refractivity contribution in [2.75, 3.05) is 5.32 Å². The lowest BCUT2D eigenvalue weighted by Gasteiger charge is -2.29. The number of aromatic hydroxyl groups is 1.